The summed E-state index contributed by atoms with van der Waals surface area (Å²) < 4.78 is 37.4. The lowest BCUT2D eigenvalue weighted by molar-refractivity contribution is 0.100. The quantitative estimate of drug-likeness (QED) is 0.508. The van der Waals surface area contributed by atoms with Gasteiger partial charge in [0.2, 0.25) is 0 Å². The van der Waals surface area contributed by atoms with Gasteiger partial charge in [0.15, 0.2) is 0 Å². The maximum Gasteiger partial charge on any atom is 0.415 e. The van der Waals surface area contributed by atoms with Crippen LogP contribution in [0.25, 0.3) is 0 Å². The molecule has 1 aliphatic heterocycles. The molecule has 0 aromatic heterocycles. The Morgan fingerprint density at radius 1 is 1.03 bits per heavy atom. The van der Waals surface area contributed by atoms with E-state index in [4.69, 9.17) is 9.47 Å². The van der Waals surface area contributed by atoms with Crippen LogP contribution in [0.3, 0.4) is 0 Å². The molecule has 0 unspecified atom stereocenters. The van der Waals surface area contributed by atoms with Crippen LogP contribution in [0.5, 0.6) is 11.5 Å². The van der Waals surface area contributed by atoms with Crippen molar-refractivity contribution in [1.29, 1.82) is 0 Å². The monoisotopic (exact) mass is 455 g/mol. The molecule has 6 nitrogen and oxygen atoms in total. The van der Waals surface area contributed by atoms with Crippen molar-refractivity contribution in [2.45, 2.75) is 31.1 Å². The summed E-state index contributed by atoms with van der Waals surface area (Å²) in [6.07, 6.45) is -1.76. The predicted molar refractivity (Wildman–Crippen MR) is 117 cm³/mol. The highest BCUT2D eigenvalue weighted by Gasteiger charge is 2.44. The molecular weight excluding hydrogens is 432 g/mol. The maximum absolute atomic E-state index is 13.5. The van der Waals surface area contributed by atoms with Crippen LogP contribution in [-0.4, -0.2) is 29.5 Å². The van der Waals surface area contributed by atoms with Crippen molar-refractivity contribution in [3.8, 4) is 11.5 Å². The number of aliphatic hydroxyl groups is 1. The van der Waals surface area contributed by atoms with E-state index in [2.05, 4.69) is 0 Å². The van der Waals surface area contributed by atoms with Crippen LogP contribution in [0.1, 0.15) is 36.1 Å². The van der Waals surface area contributed by atoms with E-state index in [0.29, 0.717) is 22.6 Å². The van der Waals surface area contributed by atoms with Gasteiger partial charge in [-0.25, -0.2) is 13.6 Å². The molecule has 0 radical (unpaired) electrons. The fourth-order valence-corrected chi connectivity index (χ4v) is 4.03. The van der Waals surface area contributed by atoms with E-state index in [0.717, 1.165) is 0 Å². The summed E-state index contributed by atoms with van der Waals surface area (Å²) in [7, 11) is 1.47. The number of aliphatic hydroxyl groups excluding tert-OH is 1. The van der Waals surface area contributed by atoms with Crippen molar-refractivity contribution in [1.82, 2.24) is 0 Å². The van der Waals surface area contributed by atoms with Gasteiger partial charge in [0.1, 0.15) is 35.3 Å². The molecule has 2 N–H and O–H groups in total. The first-order chi connectivity index (χ1) is 15.9. The second kappa shape index (κ2) is 9.46. The van der Waals surface area contributed by atoms with Crippen LogP contribution in [0.15, 0.2) is 66.7 Å². The largest absolute Gasteiger partial charge is 0.507 e. The number of carbonyl (C=O) groups excluding carboxylic acids is 1. The molecule has 3 aromatic carbocycles. The Morgan fingerprint density at radius 2 is 1.67 bits per heavy atom. The van der Waals surface area contributed by atoms with Gasteiger partial charge in [-0.2, -0.15) is 0 Å². The molecule has 4 rings (SSSR count). The number of carbonyl (C=O) groups is 1. The minimum atomic E-state index is -0.894. The average molecular weight is 455 g/mol. The molecular formula is C25H23F2NO5. The molecule has 172 valence electrons. The Labute approximate surface area is 189 Å². The van der Waals surface area contributed by atoms with Crippen LogP contribution in [-0.2, 0) is 4.74 Å². The average Bonchev–Trinajstić information content (AvgIpc) is 3.14. The lowest BCUT2D eigenvalue weighted by atomic mass is 9.94. The molecule has 0 spiro atoms. The van der Waals surface area contributed by atoms with Crippen molar-refractivity contribution in [3.63, 3.8) is 0 Å². The molecule has 1 heterocycles. The zero-order valence-corrected chi connectivity index (χ0v) is 17.8. The van der Waals surface area contributed by atoms with Crippen molar-refractivity contribution in [2.24, 2.45) is 0 Å². The molecule has 0 aliphatic carbocycles. The predicted octanol–water partition coefficient (Wildman–Crippen LogP) is 5.26. The maximum atomic E-state index is 13.5. The number of ether oxygens (including phenoxy) is 2. The Balaban J connectivity index is 1.64. The van der Waals surface area contributed by atoms with E-state index in [9.17, 15) is 23.8 Å². The van der Waals surface area contributed by atoms with Crippen molar-refractivity contribution in [3.05, 3.63) is 89.5 Å². The second-order valence-corrected chi connectivity index (χ2v) is 7.78. The van der Waals surface area contributed by atoms with E-state index >= 15 is 0 Å². The topological polar surface area (TPSA) is 79.2 Å². The molecule has 0 saturated carbocycles. The van der Waals surface area contributed by atoms with Crippen LogP contribution >= 0.6 is 0 Å². The zero-order valence-electron chi connectivity index (χ0n) is 17.8. The standard InChI is InChI=1S/C25H23F2NO5/c1-32-19-10-11-20(22(30)14-19)24-23(13-12-21(29)15-2-4-16(26)5-3-15)33-25(31)28(24)18-8-6-17(27)7-9-18/h2-11,14,21,23-24,29-30H,12-13H2,1H3/t21-,23+,24+/m0/s1. The van der Waals surface area contributed by atoms with Gasteiger partial charge in [0.25, 0.3) is 0 Å². The second-order valence-electron chi connectivity index (χ2n) is 7.78. The number of hydrogen-bond acceptors (Lipinski definition) is 5. The number of amides is 1. The number of halogens is 2. The molecule has 1 fully saturated rings. The number of hydrogen-bond donors (Lipinski definition) is 2. The first kappa shape index (κ1) is 22.5. The minimum absolute atomic E-state index is 0.0890. The van der Waals surface area contributed by atoms with Gasteiger partial charge < -0.3 is 19.7 Å². The van der Waals surface area contributed by atoms with E-state index in [1.807, 2.05) is 0 Å². The summed E-state index contributed by atoms with van der Waals surface area (Å²) in [5, 5.41) is 21.2. The number of phenolic OH excluding ortho intramolecular Hbond substituents is 1. The first-order valence-electron chi connectivity index (χ1n) is 10.4. The van der Waals surface area contributed by atoms with E-state index in [1.165, 1.54) is 66.6 Å². The summed E-state index contributed by atoms with van der Waals surface area (Å²) in [6, 6.07) is 14.9. The third-order valence-corrected chi connectivity index (χ3v) is 5.72. The minimum Gasteiger partial charge on any atom is -0.507 e. The van der Waals surface area contributed by atoms with Crippen molar-refractivity contribution in [2.75, 3.05) is 12.0 Å². The zero-order chi connectivity index (χ0) is 23.5. The van der Waals surface area contributed by atoms with Gasteiger partial charge >= 0.3 is 6.09 Å². The number of rotatable bonds is 7. The first-order valence-corrected chi connectivity index (χ1v) is 10.4. The number of phenols is 1. The number of aromatic hydroxyl groups is 1. The molecule has 3 aromatic rings. The number of cyclic esters (lactones) is 1. The van der Waals surface area contributed by atoms with Crippen LogP contribution in [0, 0.1) is 11.6 Å². The third kappa shape index (κ3) is 4.75. The Kier molecular flexibility index (Phi) is 6.46. The fourth-order valence-electron chi connectivity index (χ4n) is 4.03. The van der Waals surface area contributed by atoms with Crippen LogP contribution in [0.2, 0.25) is 0 Å². The van der Waals surface area contributed by atoms with Gasteiger partial charge in [0, 0.05) is 17.3 Å². The van der Waals surface area contributed by atoms with E-state index in [-0.39, 0.29) is 18.6 Å². The molecule has 1 saturated heterocycles. The highest BCUT2D eigenvalue weighted by atomic mass is 19.1. The van der Waals surface area contributed by atoms with Gasteiger partial charge in [0.05, 0.1) is 13.2 Å². The fraction of sp³-hybridized carbons (Fsp3) is 0.240. The highest BCUT2D eigenvalue weighted by molar-refractivity contribution is 5.91. The number of methoxy groups -OCH3 is 1. The van der Waals surface area contributed by atoms with Gasteiger partial charge in [-0.15, -0.1) is 0 Å². The molecule has 0 bridgehead atoms. The molecule has 1 amide bonds. The Bertz CT molecular complexity index is 1120. The number of nitrogens with zero attached hydrogens (tertiary/aromatic N) is 1. The van der Waals surface area contributed by atoms with Crippen LogP contribution in [0.4, 0.5) is 19.3 Å². The van der Waals surface area contributed by atoms with Crippen LogP contribution < -0.4 is 9.64 Å². The van der Waals surface area contributed by atoms with E-state index in [1.54, 1.807) is 12.1 Å². The summed E-state index contributed by atoms with van der Waals surface area (Å²) in [6.45, 7) is 0. The van der Waals surface area contributed by atoms with Gasteiger partial charge in [-0.1, -0.05) is 12.1 Å². The number of anilines is 1. The lowest BCUT2D eigenvalue weighted by Crippen LogP contribution is -2.29. The van der Waals surface area contributed by atoms with Crippen molar-refractivity contribution < 1.29 is 33.3 Å². The van der Waals surface area contributed by atoms with Gasteiger partial charge in [-0.05, 0) is 66.9 Å². The molecule has 1 aliphatic rings. The molecule has 33 heavy (non-hydrogen) atoms. The summed E-state index contributed by atoms with van der Waals surface area (Å²) in [5.41, 5.74) is 1.37. The Morgan fingerprint density at radius 3 is 2.27 bits per heavy atom. The SMILES string of the molecule is COc1ccc([C@@H]2[C@@H](CC[C@H](O)c3ccc(F)cc3)OC(=O)N2c2ccc(F)cc2)c(O)c1. The third-order valence-electron chi connectivity index (χ3n) is 5.72. The molecule has 8 heteroatoms. The van der Waals surface area contributed by atoms with Gasteiger partial charge in [-0.3, -0.25) is 4.90 Å². The summed E-state index contributed by atoms with van der Waals surface area (Å²) >= 11 is 0. The van der Waals surface area contributed by atoms with Crippen molar-refractivity contribution >= 4 is 11.8 Å². The van der Waals surface area contributed by atoms with E-state index < -0.39 is 36.0 Å². The summed E-state index contributed by atoms with van der Waals surface area (Å²) in [4.78, 5) is 14.2. The smallest absolute Gasteiger partial charge is 0.415 e. The summed E-state index contributed by atoms with van der Waals surface area (Å²) in [5.74, 6) is -0.498. The highest BCUT2D eigenvalue weighted by Crippen LogP contribution is 2.43. The lowest BCUT2D eigenvalue weighted by Gasteiger charge is -2.26. The number of benzene rings is 3. The Hall–Kier alpha value is -3.65. The normalized spacial score (nSPS) is 18.8. The molecule has 3 atom stereocenters.